The van der Waals surface area contributed by atoms with Crippen LogP contribution < -0.4 is 5.32 Å². The summed E-state index contributed by atoms with van der Waals surface area (Å²) in [6, 6.07) is 20.0. The molecule has 0 saturated carbocycles. The van der Waals surface area contributed by atoms with Crippen LogP contribution >= 0.6 is 11.3 Å². The number of carbonyl (C=O) groups is 3. The summed E-state index contributed by atoms with van der Waals surface area (Å²) in [6.45, 7) is 0.203. The molecule has 1 aliphatic heterocycles. The number of imide groups is 1. The summed E-state index contributed by atoms with van der Waals surface area (Å²) in [6.07, 6.45) is 2.32. The fourth-order valence-electron chi connectivity index (χ4n) is 3.83. The number of rotatable bonds is 7. The van der Waals surface area contributed by atoms with Gasteiger partial charge in [-0.25, -0.2) is 4.98 Å². The van der Waals surface area contributed by atoms with E-state index >= 15 is 0 Å². The molecule has 1 N–H and O–H groups in total. The second-order valence-electron chi connectivity index (χ2n) is 7.79. The van der Waals surface area contributed by atoms with Crippen LogP contribution in [0.25, 0.3) is 22.0 Å². The molecule has 5 rings (SSSR count). The SMILES string of the molecule is O=C(CCCN1C(=O)c2ccccc2C1=O)Nc1cccc(-c2csc(-c3ccccn3)n2)c1. The minimum atomic E-state index is -0.304. The van der Waals surface area contributed by atoms with Gasteiger partial charge in [0.05, 0.1) is 22.5 Å². The number of amides is 3. The van der Waals surface area contributed by atoms with Crippen LogP contribution in [0.1, 0.15) is 33.6 Å². The van der Waals surface area contributed by atoms with Gasteiger partial charge in [-0.1, -0.05) is 30.3 Å². The molecule has 3 amide bonds. The molecule has 168 valence electrons. The van der Waals surface area contributed by atoms with Crippen molar-refractivity contribution in [1.82, 2.24) is 14.9 Å². The van der Waals surface area contributed by atoms with E-state index in [0.29, 0.717) is 23.2 Å². The fraction of sp³-hybridized carbons (Fsp3) is 0.115. The normalized spacial score (nSPS) is 12.6. The number of pyridine rings is 1. The van der Waals surface area contributed by atoms with E-state index in [1.165, 1.54) is 16.2 Å². The molecule has 8 heteroatoms. The van der Waals surface area contributed by atoms with E-state index in [2.05, 4.69) is 15.3 Å². The minimum Gasteiger partial charge on any atom is -0.326 e. The Labute approximate surface area is 200 Å². The van der Waals surface area contributed by atoms with E-state index in [4.69, 9.17) is 0 Å². The number of benzene rings is 2. The maximum Gasteiger partial charge on any atom is 0.261 e. The Morgan fingerprint density at radius 3 is 2.41 bits per heavy atom. The fourth-order valence-corrected chi connectivity index (χ4v) is 4.64. The van der Waals surface area contributed by atoms with E-state index in [9.17, 15) is 14.4 Å². The highest BCUT2D eigenvalue weighted by Crippen LogP contribution is 2.29. The molecule has 0 saturated heterocycles. The first kappa shape index (κ1) is 21.7. The van der Waals surface area contributed by atoms with Gasteiger partial charge in [-0.3, -0.25) is 24.3 Å². The Morgan fingerprint density at radius 1 is 0.912 bits per heavy atom. The van der Waals surface area contributed by atoms with Crippen molar-refractivity contribution in [2.75, 3.05) is 11.9 Å². The Balaban J connectivity index is 1.18. The lowest BCUT2D eigenvalue weighted by atomic mass is 10.1. The molecule has 0 unspecified atom stereocenters. The summed E-state index contributed by atoms with van der Waals surface area (Å²) in [5, 5.41) is 5.69. The summed E-state index contributed by atoms with van der Waals surface area (Å²) >= 11 is 1.52. The molecule has 4 aromatic rings. The second kappa shape index (κ2) is 9.36. The number of hydrogen-bond acceptors (Lipinski definition) is 6. The number of nitrogens with zero attached hydrogens (tertiary/aromatic N) is 3. The van der Waals surface area contributed by atoms with Gasteiger partial charge < -0.3 is 5.32 Å². The van der Waals surface area contributed by atoms with Crippen molar-refractivity contribution < 1.29 is 14.4 Å². The molecule has 3 heterocycles. The monoisotopic (exact) mass is 468 g/mol. The van der Waals surface area contributed by atoms with E-state index in [-0.39, 0.29) is 30.7 Å². The van der Waals surface area contributed by atoms with Crippen LogP contribution in [0.2, 0.25) is 0 Å². The number of carbonyl (C=O) groups excluding carboxylic acids is 3. The second-order valence-corrected chi connectivity index (χ2v) is 8.65. The average molecular weight is 469 g/mol. The van der Waals surface area contributed by atoms with E-state index in [1.807, 2.05) is 47.8 Å². The molecule has 7 nitrogen and oxygen atoms in total. The zero-order chi connectivity index (χ0) is 23.5. The van der Waals surface area contributed by atoms with Crippen LogP contribution in [0.15, 0.2) is 78.3 Å². The zero-order valence-electron chi connectivity index (χ0n) is 18.1. The van der Waals surface area contributed by atoms with Gasteiger partial charge in [0.2, 0.25) is 5.91 Å². The van der Waals surface area contributed by atoms with Gasteiger partial charge in [-0.15, -0.1) is 11.3 Å². The molecule has 0 fully saturated rings. The molecule has 2 aromatic heterocycles. The van der Waals surface area contributed by atoms with E-state index < -0.39 is 0 Å². The van der Waals surface area contributed by atoms with E-state index in [1.54, 1.807) is 30.5 Å². The van der Waals surface area contributed by atoms with Crippen LogP contribution in [0.5, 0.6) is 0 Å². The molecule has 0 aliphatic carbocycles. The van der Waals surface area contributed by atoms with Crippen molar-refractivity contribution in [3.63, 3.8) is 0 Å². The number of nitrogens with one attached hydrogen (secondary N) is 1. The largest absolute Gasteiger partial charge is 0.326 e. The number of thiazole rings is 1. The summed E-state index contributed by atoms with van der Waals surface area (Å²) in [4.78, 5) is 47.6. The summed E-state index contributed by atoms with van der Waals surface area (Å²) in [5.74, 6) is -0.787. The topological polar surface area (TPSA) is 92.3 Å². The van der Waals surface area contributed by atoms with Crippen molar-refractivity contribution in [3.8, 4) is 22.0 Å². The molecule has 0 atom stereocenters. The average Bonchev–Trinajstić information content (AvgIpc) is 3.45. The van der Waals surface area contributed by atoms with Crippen molar-refractivity contribution in [3.05, 3.63) is 89.4 Å². The molecular formula is C26H20N4O3S. The zero-order valence-corrected chi connectivity index (χ0v) is 18.9. The first-order valence-electron chi connectivity index (χ1n) is 10.8. The van der Waals surface area contributed by atoms with Gasteiger partial charge in [-0.2, -0.15) is 0 Å². The number of anilines is 1. The number of fused-ring (bicyclic) bond motifs is 1. The van der Waals surface area contributed by atoms with Crippen LogP contribution in [0.3, 0.4) is 0 Å². The maximum atomic E-state index is 12.5. The Kier molecular flexibility index (Phi) is 5.97. The molecule has 1 aliphatic rings. The van der Waals surface area contributed by atoms with Gasteiger partial charge in [0.15, 0.2) is 0 Å². The van der Waals surface area contributed by atoms with Gasteiger partial charge >= 0.3 is 0 Å². The first-order chi connectivity index (χ1) is 16.6. The van der Waals surface area contributed by atoms with Crippen LogP contribution in [-0.2, 0) is 4.79 Å². The maximum absolute atomic E-state index is 12.5. The smallest absolute Gasteiger partial charge is 0.261 e. The van der Waals surface area contributed by atoms with Gasteiger partial charge in [-0.05, 0) is 42.8 Å². The minimum absolute atomic E-state index is 0.179. The lowest BCUT2D eigenvalue weighted by Crippen LogP contribution is -2.31. The van der Waals surface area contributed by atoms with Crippen LogP contribution in [0.4, 0.5) is 5.69 Å². The van der Waals surface area contributed by atoms with Crippen LogP contribution in [-0.4, -0.2) is 39.1 Å². The Bertz CT molecular complexity index is 1350. The molecule has 0 radical (unpaired) electrons. The highest BCUT2D eigenvalue weighted by atomic mass is 32.1. The molecule has 0 spiro atoms. The highest BCUT2D eigenvalue weighted by molar-refractivity contribution is 7.13. The van der Waals surface area contributed by atoms with E-state index in [0.717, 1.165) is 22.0 Å². The lowest BCUT2D eigenvalue weighted by molar-refractivity contribution is -0.116. The Hall–Kier alpha value is -4.17. The Morgan fingerprint density at radius 2 is 1.68 bits per heavy atom. The lowest BCUT2D eigenvalue weighted by Gasteiger charge is -2.13. The summed E-state index contributed by atoms with van der Waals surface area (Å²) in [5.41, 5.74) is 4.02. The van der Waals surface area contributed by atoms with Crippen molar-refractivity contribution in [1.29, 1.82) is 0 Å². The van der Waals surface area contributed by atoms with Crippen molar-refractivity contribution in [2.24, 2.45) is 0 Å². The molecule has 34 heavy (non-hydrogen) atoms. The standard InChI is InChI=1S/C26H20N4O3S/c31-23(12-6-14-30-25(32)19-9-1-2-10-20(19)26(30)33)28-18-8-5-7-17(15-18)22-16-34-24(29-22)21-11-3-4-13-27-21/h1-5,7-11,13,15-16H,6,12,14H2,(H,28,31). The third-order valence-corrected chi connectivity index (χ3v) is 6.36. The molecular weight excluding hydrogens is 448 g/mol. The van der Waals surface area contributed by atoms with Gasteiger partial charge in [0.1, 0.15) is 5.01 Å². The molecule has 2 aromatic carbocycles. The summed E-state index contributed by atoms with van der Waals surface area (Å²) < 4.78 is 0. The van der Waals surface area contributed by atoms with Crippen molar-refractivity contribution >= 4 is 34.7 Å². The third-order valence-electron chi connectivity index (χ3n) is 5.49. The third kappa shape index (κ3) is 4.35. The quantitative estimate of drug-likeness (QED) is 0.390. The highest BCUT2D eigenvalue weighted by Gasteiger charge is 2.34. The number of aromatic nitrogens is 2. The van der Waals surface area contributed by atoms with Gasteiger partial charge in [0, 0.05) is 35.8 Å². The summed E-state index contributed by atoms with van der Waals surface area (Å²) in [7, 11) is 0. The van der Waals surface area contributed by atoms with Gasteiger partial charge in [0.25, 0.3) is 11.8 Å². The predicted molar refractivity (Wildman–Crippen MR) is 130 cm³/mol. The predicted octanol–water partition coefficient (Wildman–Crippen LogP) is 4.89. The first-order valence-corrected chi connectivity index (χ1v) is 11.7. The number of hydrogen-bond donors (Lipinski definition) is 1. The molecule has 0 bridgehead atoms. The van der Waals surface area contributed by atoms with Crippen LogP contribution in [0, 0.1) is 0 Å². The van der Waals surface area contributed by atoms with Crippen molar-refractivity contribution in [2.45, 2.75) is 12.8 Å².